The van der Waals surface area contributed by atoms with Crippen molar-refractivity contribution in [2.75, 3.05) is 0 Å². The molecule has 0 bridgehead atoms. The highest BCUT2D eigenvalue weighted by molar-refractivity contribution is 7.09. The molecule has 19 heavy (non-hydrogen) atoms. The summed E-state index contributed by atoms with van der Waals surface area (Å²) in [6.07, 6.45) is -1.70. The first-order valence-electron chi connectivity index (χ1n) is 6.62. The molecule has 3 atom stereocenters. The molecule has 1 saturated carbocycles. The van der Waals surface area contributed by atoms with Gasteiger partial charge in [0.05, 0.1) is 17.1 Å². The fourth-order valence-corrected chi connectivity index (χ4v) is 3.67. The lowest BCUT2D eigenvalue weighted by Gasteiger charge is -2.35. The van der Waals surface area contributed by atoms with E-state index in [1.807, 2.05) is 13.8 Å². The van der Waals surface area contributed by atoms with Crippen molar-refractivity contribution in [2.24, 2.45) is 5.92 Å². The second-order valence-electron chi connectivity index (χ2n) is 5.23. The standard InChI is InChI=1S/C13H19F3N2S/c1-8-12(19-7-17-8)9(2)18-11-6-4-3-5-10(11)13(14,15)16/h7,9-11,18H,3-6H2,1-2H3. The predicted octanol–water partition coefficient (Wildman–Crippen LogP) is 4.22. The molecule has 0 radical (unpaired) electrons. The van der Waals surface area contributed by atoms with Crippen molar-refractivity contribution in [3.63, 3.8) is 0 Å². The Kier molecular flexibility index (Phi) is 4.50. The molecule has 0 aliphatic heterocycles. The number of thiazole rings is 1. The van der Waals surface area contributed by atoms with E-state index in [0.717, 1.165) is 17.0 Å². The van der Waals surface area contributed by atoms with Crippen molar-refractivity contribution < 1.29 is 13.2 Å². The Morgan fingerprint density at radius 1 is 1.37 bits per heavy atom. The zero-order chi connectivity index (χ0) is 14.0. The largest absolute Gasteiger partial charge is 0.393 e. The molecule has 1 aliphatic carbocycles. The van der Waals surface area contributed by atoms with E-state index in [1.54, 1.807) is 5.51 Å². The highest BCUT2D eigenvalue weighted by Crippen LogP contribution is 2.38. The number of hydrogen-bond donors (Lipinski definition) is 1. The highest BCUT2D eigenvalue weighted by Gasteiger charge is 2.45. The first-order valence-corrected chi connectivity index (χ1v) is 7.50. The van der Waals surface area contributed by atoms with Gasteiger partial charge in [-0.05, 0) is 26.7 Å². The van der Waals surface area contributed by atoms with Crippen molar-refractivity contribution in [3.8, 4) is 0 Å². The second-order valence-corrected chi connectivity index (χ2v) is 6.12. The van der Waals surface area contributed by atoms with Crippen LogP contribution in [-0.2, 0) is 0 Å². The predicted molar refractivity (Wildman–Crippen MR) is 70.2 cm³/mol. The summed E-state index contributed by atoms with van der Waals surface area (Å²) in [4.78, 5) is 5.19. The fraction of sp³-hybridized carbons (Fsp3) is 0.769. The summed E-state index contributed by atoms with van der Waals surface area (Å²) in [7, 11) is 0. The number of halogens is 3. The van der Waals surface area contributed by atoms with Crippen LogP contribution < -0.4 is 5.32 Å². The molecule has 1 aliphatic rings. The molecule has 2 rings (SSSR count). The normalized spacial score (nSPS) is 26.4. The maximum Gasteiger partial charge on any atom is 0.393 e. The Bertz CT molecular complexity index is 416. The van der Waals surface area contributed by atoms with Crippen LogP contribution in [0.5, 0.6) is 0 Å². The topological polar surface area (TPSA) is 24.9 Å². The van der Waals surface area contributed by atoms with Crippen LogP contribution in [0.3, 0.4) is 0 Å². The van der Waals surface area contributed by atoms with Crippen molar-refractivity contribution in [2.45, 2.75) is 57.8 Å². The monoisotopic (exact) mass is 292 g/mol. The molecule has 1 N–H and O–H groups in total. The van der Waals surface area contributed by atoms with Crippen LogP contribution >= 0.6 is 11.3 Å². The molecule has 1 aromatic rings. The summed E-state index contributed by atoms with van der Waals surface area (Å²) in [5.74, 6) is -1.21. The van der Waals surface area contributed by atoms with Crippen molar-refractivity contribution in [1.82, 2.24) is 10.3 Å². The summed E-state index contributed by atoms with van der Waals surface area (Å²) in [6, 6.07) is -0.536. The Morgan fingerprint density at radius 2 is 2.05 bits per heavy atom. The molecule has 0 spiro atoms. The third kappa shape index (κ3) is 3.48. The molecule has 0 aromatic carbocycles. The SMILES string of the molecule is Cc1ncsc1C(C)NC1CCCCC1C(F)(F)F. The van der Waals surface area contributed by atoms with Crippen LogP contribution in [0.2, 0.25) is 0 Å². The first-order chi connectivity index (χ1) is 8.89. The maximum atomic E-state index is 13.0. The van der Waals surface area contributed by atoms with E-state index < -0.39 is 18.1 Å². The second kappa shape index (κ2) is 5.79. The van der Waals surface area contributed by atoms with Crippen molar-refractivity contribution in [1.29, 1.82) is 0 Å². The smallest absolute Gasteiger partial charge is 0.306 e. The van der Waals surface area contributed by atoms with Gasteiger partial charge in [-0.25, -0.2) is 4.98 Å². The molecule has 0 amide bonds. The Balaban J connectivity index is 2.06. The van der Waals surface area contributed by atoms with Gasteiger partial charge in [0.15, 0.2) is 0 Å². The molecule has 6 heteroatoms. The van der Waals surface area contributed by atoms with Crippen LogP contribution in [0.4, 0.5) is 13.2 Å². The summed E-state index contributed by atoms with van der Waals surface area (Å²) in [5.41, 5.74) is 2.65. The van der Waals surface area contributed by atoms with E-state index in [-0.39, 0.29) is 12.5 Å². The van der Waals surface area contributed by atoms with Crippen molar-refractivity contribution >= 4 is 11.3 Å². The van der Waals surface area contributed by atoms with E-state index in [1.165, 1.54) is 11.3 Å². The fourth-order valence-electron chi connectivity index (χ4n) is 2.85. The summed E-state index contributed by atoms with van der Waals surface area (Å²) >= 11 is 1.50. The van der Waals surface area contributed by atoms with Gasteiger partial charge in [-0.3, -0.25) is 0 Å². The van der Waals surface area contributed by atoms with Crippen molar-refractivity contribution in [3.05, 3.63) is 16.1 Å². The minimum Gasteiger partial charge on any atom is -0.306 e. The van der Waals surface area contributed by atoms with Gasteiger partial charge in [-0.15, -0.1) is 11.3 Å². The quantitative estimate of drug-likeness (QED) is 0.902. The highest BCUT2D eigenvalue weighted by atomic mass is 32.1. The average Bonchev–Trinajstić information content (AvgIpc) is 2.75. The van der Waals surface area contributed by atoms with E-state index >= 15 is 0 Å². The lowest BCUT2D eigenvalue weighted by Crippen LogP contribution is -2.46. The number of aromatic nitrogens is 1. The van der Waals surface area contributed by atoms with Gasteiger partial charge in [0.1, 0.15) is 0 Å². The minimum atomic E-state index is -4.10. The van der Waals surface area contributed by atoms with E-state index in [0.29, 0.717) is 12.8 Å². The van der Waals surface area contributed by atoms with Crippen LogP contribution in [0.15, 0.2) is 5.51 Å². The molecule has 2 nitrogen and oxygen atoms in total. The van der Waals surface area contributed by atoms with E-state index in [2.05, 4.69) is 10.3 Å². The summed E-state index contributed by atoms with van der Waals surface area (Å²) in [5, 5.41) is 3.17. The van der Waals surface area contributed by atoms with Gasteiger partial charge in [-0.1, -0.05) is 12.8 Å². The minimum absolute atomic E-state index is 0.0690. The third-order valence-electron chi connectivity index (χ3n) is 3.83. The number of rotatable bonds is 3. The average molecular weight is 292 g/mol. The third-order valence-corrected chi connectivity index (χ3v) is 4.94. The number of nitrogens with one attached hydrogen (secondary N) is 1. The zero-order valence-corrected chi connectivity index (χ0v) is 11.9. The van der Waals surface area contributed by atoms with Gasteiger partial charge >= 0.3 is 6.18 Å². The number of nitrogens with zero attached hydrogens (tertiary/aromatic N) is 1. The zero-order valence-electron chi connectivity index (χ0n) is 11.1. The molecule has 3 unspecified atom stereocenters. The number of hydrogen-bond acceptors (Lipinski definition) is 3. The first kappa shape index (κ1) is 14.8. The molecule has 1 fully saturated rings. The van der Waals surface area contributed by atoms with Gasteiger partial charge in [0.2, 0.25) is 0 Å². The molecular formula is C13H19F3N2S. The lowest BCUT2D eigenvalue weighted by molar-refractivity contribution is -0.189. The molecule has 0 saturated heterocycles. The van der Waals surface area contributed by atoms with E-state index in [4.69, 9.17) is 0 Å². The van der Waals surface area contributed by atoms with Crippen LogP contribution in [0.1, 0.15) is 49.2 Å². The maximum absolute atomic E-state index is 13.0. The summed E-state index contributed by atoms with van der Waals surface area (Å²) in [6.45, 7) is 3.81. The van der Waals surface area contributed by atoms with Crippen LogP contribution in [0, 0.1) is 12.8 Å². The number of alkyl halides is 3. The molecule has 1 heterocycles. The Hall–Kier alpha value is -0.620. The van der Waals surface area contributed by atoms with Gasteiger partial charge in [-0.2, -0.15) is 13.2 Å². The summed E-state index contributed by atoms with van der Waals surface area (Å²) < 4.78 is 39.0. The Morgan fingerprint density at radius 3 is 2.63 bits per heavy atom. The van der Waals surface area contributed by atoms with E-state index in [9.17, 15) is 13.2 Å². The van der Waals surface area contributed by atoms with Crippen LogP contribution in [-0.4, -0.2) is 17.2 Å². The van der Waals surface area contributed by atoms with Gasteiger partial charge < -0.3 is 5.32 Å². The van der Waals surface area contributed by atoms with Crippen LogP contribution in [0.25, 0.3) is 0 Å². The molecule has 108 valence electrons. The van der Waals surface area contributed by atoms with Gasteiger partial charge in [0, 0.05) is 17.0 Å². The number of aryl methyl sites for hydroxylation is 1. The Labute approximate surface area is 115 Å². The molecule has 1 aromatic heterocycles. The van der Waals surface area contributed by atoms with Gasteiger partial charge in [0.25, 0.3) is 0 Å². The lowest BCUT2D eigenvalue weighted by atomic mass is 9.83. The molecular weight excluding hydrogens is 273 g/mol.